The van der Waals surface area contributed by atoms with E-state index in [1.807, 2.05) is 64.4 Å². The second-order valence-electron chi connectivity index (χ2n) is 23.4. The maximum atomic E-state index is 17.2. The number of likely N-dealkylation sites (tertiary alicyclic amines) is 1. The third-order valence-corrected chi connectivity index (χ3v) is 18.8. The van der Waals surface area contributed by atoms with Crippen molar-refractivity contribution in [3.8, 4) is 27.6 Å². The summed E-state index contributed by atoms with van der Waals surface area (Å²) >= 11 is 9.45. The van der Waals surface area contributed by atoms with Gasteiger partial charge in [0.2, 0.25) is 17.7 Å². The summed E-state index contributed by atoms with van der Waals surface area (Å²) in [6.07, 6.45) is 1.97. The monoisotopic (exact) mass is 1160 g/mol. The molecule has 3 aromatic carbocycles. The van der Waals surface area contributed by atoms with Crippen LogP contribution in [0.2, 0.25) is 5.02 Å². The van der Waals surface area contributed by atoms with Gasteiger partial charge in [0, 0.05) is 86.7 Å². The summed E-state index contributed by atoms with van der Waals surface area (Å²) in [7, 11) is 0. The summed E-state index contributed by atoms with van der Waals surface area (Å²) in [4.78, 5) is 66.6. The van der Waals surface area contributed by atoms with Gasteiger partial charge < -0.3 is 46.1 Å². The second kappa shape index (κ2) is 22.5. The van der Waals surface area contributed by atoms with Crippen molar-refractivity contribution in [3.63, 3.8) is 0 Å². The van der Waals surface area contributed by atoms with Crippen LogP contribution < -0.4 is 31.3 Å². The van der Waals surface area contributed by atoms with E-state index < -0.39 is 52.9 Å². The lowest BCUT2D eigenvalue weighted by Gasteiger charge is -2.35. The highest BCUT2D eigenvalue weighted by Crippen LogP contribution is 2.46. The number of β-amino-alcohol motifs (C(OH)–C–C–N with tert-alkyl or cyclic N) is 1. The Hall–Kier alpha value is -5.75. The Balaban J connectivity index is 0.713. The van der Waals surface area contributed by atoms with Crippen molar-refractivity contribution in [2.24, 2.45) is 5.41 Å². The number of thiazole rings is 2. The fourth-order valence-electron chi connectivity index (χ4n) is 12.6. The molecule has 8 heterocycles. The first-order chi connectivity index (χ1) is 38.2. The zero-order valence-electron chi connectivity index (χ0n) is 45.4. The number of nitrogens with zero attached hydrogens (tertiary/aromatic N) is 7. The molecule has 0 aliphatic carbocycles. The number of ether oxygens (including phenoxy) is 2. The number of piperazine rings is 1. The predicted molar refractivity (Wildman–Crippen MR) is 304 cm³/mol. The summed E-state index contributed by atoms with van der Waals surface area (Å²) in [5.41, 5.74) is 9.65. The Morgan fingerprint density at radius 2 is 1.77 bits per heavy atom. The first-order valence-electron chi connectivity index (χ1n) is 27.5. The number of nitrogens with one attached hydrogen (secondary N) is 3. The number of nitrogens with two attached hydrogens (primary N) is 1. The zero-order chi connectivity index (χ0) is 56.4. The number of aromatic nitrogens is 4. The molecular formula is C57H67ClF3N11O6S2. The molecule has 0 saturated carbocycles. The zero-order valence-corrected chi connectivity index (χ0v) is 47.8. The Bertz CT molecular complexity index is 3320. The molecule has 11 rings (SSSR count). The van der Waals surface area contributed by atoms with Gasteiger partial charge in [-0.2, -0.15) is 9.97 Å². The smallest absolute Gasteiger partial charge is 0.319 e. The summed E-state index contributed by atoms with van der Waals surface area (Å²) in [5.74, 6) is -2.00. The van der Waals surface area contributed by atoms with Gasteiger partial charge in [0.05, 0.1) is 55.6 Å². The molecule has 9 atom stereocenters. The Kier molecular flexibility index (Phi) is 15.8. The Morgan fingerprint density at radius 1 is 1.01 bits per heavy atom. The van der Waals surface area contributed by atoms with Crippen LogP contribution in [0, 0.1) is 24.0 Å². The molecule has 426 valence electrons. The minimum atomic E-state index is -1.12. The third-order valence-electron chi connectivity index (χ3n) is 16.7. The number of hydrogen-bond donors (Lipinski definition) is 5. The van der Waals surface area contributed by atoms with Crippen LogP contribution >= 0.6 is 34.3 Å². The van der Waals surface area contributed by atoms with Crippen molar-refractivity contribution in [1.82, 2.24) is 45.7 Å². The average molecular weight is 1160 g/mol. The molecule has 2 unspecified atom stereocenters. The third kappa shape index (κ3) is 11.2. The fraction of sp³-hybridized carbons (Fsp3) is 0.526. The van der Waals surface area contributed by atoms with Gasteiger partial charge in [0.25, 0.3) is 0 Å². The molecule has 5 aliphatic rings. The first kappa shape index (κ1) is 56.1. The van der Waals surface area contributed by atoms with Gasteiger partial charge in [-0.15, -0.1) is 11.3 Å². The van der Waals surface area contributed by atoms with E-state index in [0.717, 1.165) is 45.9 Å². The highest BCUT2D eigenvalue weighted by Gasteiger charge is 2.54. The van der Waals surface area contributed by atoms with Crippen LogP contribution in [-0.4, -0.2) is 147 Å². The number of hydrogen-bond acceptors (Lipinski definition) is 16. The van der Waals surface area contributed by atoms with Crippen LogP contribution in [0.4, 0.5) is 24.1 Å². The highest BCUT2D eigenvalue weighted by atomic mass is 35.5. The van der Waals surface area contributed by atoms with E-state index in [2.05, 4.69) is 40.7 Å². The van der Waals surface area contributed by atoms with Crippen LogP contribution in [0.5, 0.6) is 6.01 Å². The number of rotatable bonds is 17. The van der Waals surface area contributed by atoms with Crippen molar-refractivity contribution in [2.45, 2.75) is 140 Å². The Labute approximate surface area is 475 Å². The topological polar surface area (TPSA) is 213 Å². The largest absolute Gasteiger partial charge is 0.461 e. The summed E-state index contributed by atoms with van der Waals surface area (Å²) in [5, 5.41) is 21.0. The SMILES string of the molecule is Cc1ncsc1-c1ccc([C@H](C)NC(=O)[C@@H]2C[C@@H](O)CN2C(=O)[C@@H](NC(=O)CCCOC[C@H]2CC[C@@]3(COc4nc(N5CC6CCC(C5)N6)c5cc(Cl)c(-c6ccc(F)c7sc(N)nc67)c(F)c5n4)C[C@@H](F)CN23)C(C)(C)C)cc1. The maximum absolute atomic E-state index is 17.2. The molecule has 5 saturated heterocycles. The average Bonchev–Trinajstić information content (AvgIpc) is 4.45. The number of benzene rings is 3. The minimum absolute atomic E-state index is 0.00263. The number of aryl methyl sites for hydroxylation is 1. The summed E-state index contributed by atoms with van der Waals surface area (Å²) in [6.45, 7) is 11.3. The van der Waals surface area contributed by atoms with Gasteiger partial charge in [-0.1, -0.05) is 68.0 Å². The van der Waals surface area contributed by atoms with E-state index in [-0.39, 0.29) is 131 Å². The molecule has 3 amide bonds. The molecule has 6 aromatic rings. The quantitative estimate of drug-likeness (QED) is 0.0544. The number of carbonyl (C=O) groups excluding carboxylic acids is 3. The normalized spacial score (nSPS) is 24.7. The standard InChI is InChI=1S/C57H67ClF3N11O6S2/c1-29(31-8-10-32(11-9-31)48-30(2)63-28-79-48)64-52(75)42-19-37(73)25-71(42)53(76)50(56(3,4)5)66-43(74)7-6-18-77-26-36-16-17-57(21-33(59)22-72(36)57)27-78-55-68-46-39(51(69-55)70-23-34-12-13-35(24-70)65-34)20-40(58)44(45(46)61)38-14-15-41(60)49-47(38)67-54(62)80-49/h8-11,14-15,20,28-29,33-37,42,50,65,73H,6-7,12-13,16-19,21-27H2,1-5H3,(H2,62,67)(H,64,75)(H,66,74)/t29-,33+,34?,35?,36+,37+,42-,50+,57-/m0/s1. The lowest BCUT2D eigenvalue weighted by molar-refractivity contribution is -0.144. The lowest BCUT2D eigenvalue weighted by Crippen LogP contribution is -2.57. The molecule has 6 N–H and O–H groups in total. The van der Waals surface area contributed by atoms with Gasteiger partial charge in [-0.3, -0.25) is 19.3 Å². The molecule has 5 fully saturated rings. The van der Waals surface area contributed by atoms with Crippen LogP contribution in [-0.2, 0) is 19.1 Å². The van der Waals surface area contributed by atoms with Crippen molar-refractivity contribution >= 4 is 84.1 Å². The number of carbonyl (C=O) groups is 3. The van der Waals surface area contributed by atoms with Gasteiger partial charge in [-0.05, 0) is 80.7 Å². The molecule has 80 heavy (non-hydrogen) atoms. The molecule has 17 nitrogen and oxygen atoms in total. The van der Waals surface area contributed by atoms with Crippen molar-refractivity contribution in [2.75, 3.05) is 56.6 Å². The van der Waals surface area contributed by atoms with Gasteiger partial charge >= 0.3 is 6.01 Å². The van der Waals surface area contributed by atoms with Crippen molar-refractivity contribution in [3.05, 3.63) is 75.9 Å². The van der Waals surface area contributed by atoms with Crippen LogP contribution in [0.3, 0.4) is 0 Å². The maximum Gasteiger partial charge on any atom is 0.319 e. The molecule has 0 spiro atoms. The van der Waals surface area contributed by atoms with E-state index >= 15 is 8.78 Å². The van der Waals surface area contributed by atoms with Crippen LogP contribution in [0.1, 0.15) is 96.4 Å². The number of aliphatic hydroxyl groups excluding tert-OH is 1. The number of anilines is 2. The Morgan fingerprint density at radius 3 is 2.50 bits per heavy atom. The molecule has 5 aliphatic heterocycles. The number of aliphatic hydroxyl groups is 1. The fourth-order valence-corrected chi connectivity index (χ4v) is 14.5. The lowest BCUT2D eigenvalue weighted by atomic mass is 9.85. The first-order valence-corrected chi connectivity index (χ1v) is 29.6. The van der Waals surface area contributed by atoms with Crippen LogP contribution in [0.15, 0.2) is 48.0 Å². The molecule has 3 aromatic heterocycles. The predicted octanol–water partition coefficient (Wildman–Crippen LogP) is 8.28. The van der Waals surface area contributed by atoms with Gasteiger partial charge in [-0.25, -0.2) is 23.1 Å². The highest BCUT2D eigenvalue weighted by molar-refractivity contribution is 7.22. The number of amides is 3. The van der Waals surface area contributed by atoms with E-state index in [4.69, 9.17) is 31.8 Å². The molecule has 0 radical (unpaired) electrons. The summed E-state index contributed by atoms with van der Waals surface area (Å²) < 4.78 is 60.5. The number of nitrogen functional groups attached to an aromatic ring is 1. The minimum Gasteiger partial charge on any atom is -0.461 e. The molecule has 23 heteroatoms. The second-order valence-corrected chi connectivity index (χ2v) is 25.7. The summed E-state index contributed by atoms with van der Waals surface area (Å²) in [6, 6.07) is 10.2. The number of alkyl halides is 1. The number of fused-ring (bicyclic) bond motifs is 5. The van der Waals surface area contributed by atoms with Crippen LogP contribution in [0.25, 0.3) is 42.7 Å². The van der Waals surface area contributed by atoms with E-state index in [9.17, 15) is 23.9 Å². The molecular weight excluding hydrogens is 1090 g/mol. The van der Waals surface area contributed by atoms with E-state index in [1.165, 1.54) is 17.0 Å². The number of halogens is 4. The van der Waals surface area contributed by atoms with Gasteiger partial charge in [0.1, 0.15) is 42.0 Å². The van der Waals surface area contributed by atoms with Crippen molar-refractivity contribution < 1.29 is 42.1 Å². The molecule has 2 bridgehead atoms. The van der Waals surface area contributed by atoms with Gasteiger partial charge in [0.15, 0.2) is 10.9 Å². The van der Waals surface area contributed by atoms with Crippen molar-refractivity contribution in [1.29, 1.82) is 0 Å². The van der Waals surface area contributed by atoms with E-state index in [1.54, 1.807) is 17.4 Å². The van der Waals surface area contributed by atoms with E-state index in [0.29, 0.717) is 43.6 Å².